The van der Waals surface area contributed by atoms with Crippen LogP contribution in [0.2, 0.25) is 0 Å². The lowest BCUT2D eigenvalue weighted by Crippen LogP contribution is -2.40. The van der Waals surface area contributed by atoms with Gasteiger partial charge >= 0.3 is 0 Å². The summed E-state index contributed by atoms with van der Waals surface area (Å²) in [6, 6.07) is 6.11. The Hall–Kier alpha value is -1.01. The van der Waals surface area contributed by atoms with Crippen LogP contribution in [0, 0.1) is 13.8 Å². The molecule has 1 heterocycles. The number of carbonyl (C=O) groups is 1. The summed E-state index contributed by atoms with van der Waals surface area (Å²) in [4.78, 5) is 12.2. The first-order valence-corrected chi connectivity index (χ1v) is 10.3. The van der Waals surface area contributed by atoms with Crippen molar-refractivity contribution in [1.29, 1.82) is 0 Å². The van der Waals surface area contributed by atoms with Crippen LogP contribution in [0.25, 0.3) is 0 Å². The minimum absolute atomic E-state index is 0.0718. The molecule has 0 aromatic heterocycles. The summed E-state index contributed by atoms with van der Waals surface area (Å²) in [6.07, 6.45) is 0.530. The maximum atomic E-state index is 12.2. The van der Waals surface area contributed by atoms with E-state index in [1.54, 1.807) is 11.8 Å². The Morgan fingerprint density at radius 3 is 2.77 bits per heavy atom. The summed E-state index contributed by atoms with van der Waals surface area (Å²) in [6.45, 7) is 6.00. The Labute approximate surface area is 137 Å². The van der Waals surface area contributed by atoms with Gasteiger partial charge in [-0.15, -0.1) is 11.8 Å². The minimum atomic E-state index is -2.95. The number of thioether (sulfide) groups is 1. The molecule has 1 amide bonds. The van der Waals surface area contributed by atoms with E-state index in [4.69, 9.17) is 0 Å². The fourth-order valence-electron chi connectivity index (χ4n) is 2.47. The van der Waals surface area contributed by atoms with Gasteiger partial charge in [0, 0.05) is 11.8 Å². The Balaban J connectivity index is 1.85. The maximum Gasteiger partial charge on any atom is 0.233 e. The van der Waals surface area contributed by atoms with E-state index >= 15 is 0 Å². The summed E-state index contributed by atoms with van der Waals surface area (Å²) in [7, 11) is -2.95. The molecule has 1 aromatic carbocycles. The molecule has 2 atom stereocenters. The molecule has 0 aliphatic carbocycles. The van der Waals surface area contributed by atoms with Crippen molar-refractivity contribution in [2.24, 2.45) is 0 Å². The lowest BCUT2D eigenvalue weighted by atomic mass is 10.1. The first kappa shape index (κ1) is 17.3. The smallest absolute Gasteiger partial charge is 0.233 e. The first-order valence-electron chi connectivity index (χ1n) is 7.45. The van der Waals surface area contributed by atoms with E-state index in [0.717, 1.165) is 5.75 Å². The van der Waals surface area contributed by atoms with E-state index in [1.165, 1.54) is 16.7 Å². The maximum absolute atomic E-state index is 12.2. The number of rotatable bonds is 5. The zero-order valence-corrected chi connectivity index (χ0v) is 14.9. The topological polar surface area (TPSA) is 63.2 Å². The van der Waals surface area contributed by atoms with Gasteiger partial charge in [-0.2, -0.15) is 0 Å². The Kier molecular flexibility index (Phi) is 5.55. The van der Waals surface area contributed by atoms with Crippen molar-refractivity contribution < 1.29 is 13.2 Å². The fourth-order valence-corrected chi connectivity index (χ4v) is 5.11. The average Bonchev–Trinajstić information content (AvgIpc) is 2.78. The third-order valence-corrected chi connectivity index (χ3v) is 6.90. The van der Waals surface area contributed by atoms with Gasteiger partial charge in [0.2, 0.25) is 5.91 Å². The monoisotopic (exact) mass is 341 g/mol. The number of nitrogens with one attached hydrogen (secondary N) is 1. The van der Waals surface area contributed by atoms with Gasteiger partial charge in [0.1, 0.15) is 0 Å². The van der Waals surface area contributed by atoms with Crippen LogP contribution in [0.15, 0.2) is 18.2 Å². The van der Waals surface area contributed by atoms with Crippen molar-refractivity contribution in [3.63, 3.8) is 0 Å². The van der Waals surface area contributed by atoms with Gasteiger partial charge in [0.05, 0.1) is 16.8 Å². The lowest BCUT2D eigenvalue weighted by molar-refractivity contribution is -0.120. The largest absolute Gasteiger partial charge is 0.351 e. The number of hydrogen-bond acceptors (Lipinski definition) is 4. The van der Waals surface area contributed by atoms with Gasteiger partial charge in [-0.25, -0.2) is 8.42 Å². The van der Waals surface area contributed by atoms with Crippen molar-refractivity contribution in [2.75, 3.05) is 11.5 Å². The molecule has 1 aromatic rings. The SMILES string of the molecule is Cc1ccc(C)c(CSC(C)C(=O)NC2CCS(=O)(=O)C2)c1. The molecule has 1 aliphatic heterocycles. The predicted molar refractivity (Wildman–Crippen MR) is 91.9 cm³/mol. The summed E-state index contributed by atoms with van der Waals surface area (Å²) in [5.41, 5.74) is 3.69. The number of aryl methyl sites for hydroxylation is 2. The number of sulfone groups is 1. The molecule has 1 aliphatic rings. The molecule has 0 spiro atoms. The van der Waals surface area contributed by atoms with E-state index in [1.807, 2.05) is 6.92 Å². The van der Waals surface area contributed by atoms with Crippen molar-refractivity contribution in [1.82, 2.24) is 5.32 Å². The lowest BCUT2D eigenvalue weighted by Gasteiger charge is -2.16. The highest BCUT2D eigenvalue weighted by Gasteiger charge is 2.29. The molecule has 1 N–H and O–H groups in total. The second-order valence-corrected chi connectivity index (χ2v) is 9.55. The van der Waals surface area contributed by atoms with Crippen LogP contribution >= 0.6 is 11.8 Å². The highest BCUT2D eigenvalue weighted by Crippen LogP contribution is 2.22. The quantitative estimate of drug-likeness (QED) is 0.892. The van der Waals surface area contributed by atoms with E-state index in [9.17, 15) is 13.2 Å². The molecule has 1 fully saturated rings. The van der Waals surface area contributed by atoms with Crippen molar-refractivity contribution in [3.8, 4) is 0 Å². The normalized spacial score (nSPS) is 21.5. The first-order chi connectivity index (χ1) is 10.3. The number of amides is 1. The highest BCUT2D eigenvalue weighted by molar-refractivity contribution is 7.99. The van der Waals surface area contributed by atoms with Gasteiger partial charge in [0.15, 0.2) is 9.84 Å². The van der Waals surface area contributed by atoms with Crippen LogP contribution in [-0.4, -0.2) is 37.1 Å². The summed E-state index contributed by atoms with van der Waals surface area (Å²) in [5, 5.41) is 2.67. The van der Waals surface area contributed by atoms with Crippen LogP contribution < -0.4 is 5.32 Å². The van der Waals surface area contributed by atoms with Gasteiger partial charge in [-0.1, -0.05) is 23.8 Å². The second-order valence-electron chi connectivity index (χ2n) is 5.99. The molecular weight excluding hydrogens is 318 g/mol. The van der Waals surface area contributed by atoms with Crippen molar-refractivity contribution >= 4 is 27.5 Å². The summed E-state index contributed by atoms with van der Waals surface area (Å²) in [5.74, 6) is 0.970. The van der Waals surface area contributed by atoms with Gasteiger partial charge in [0.25, 0.3) is 0 Å². The fraction of sp³-hybridized carbons (Fsp3) is 0.562. The Morgan fingerprint density at radius 2 is 2.14 bits per heavy atom. The van der Waals surface area contributed by atoms with Gasteiger partial charge in [-0.05, 0) is 38.3 Å². The molecule has 0 bridgehead atoms. The van der Waals surface area contributed by atoms with Crippen LogP contribution in [0.1, 0.15) is 30.0 Å². The third kappa shape index (κ3) is 4.74. The molecule has 2 unspecified atom stereocenters. The van der Waals surface area contributed by atoms with E-state index in [0.29, 0.717) is 6.42 Å². The zero-order valence-electron chi connectivity index (χ0n) is 13.3. The van der Waals surface area contributed by atoms with Gasteiger partial charge < -0.3 is 5.32 Å². The van der Waals surface area contributed by atoms with Crippen molar-refractivity contribution in [3.05, 3.63) is 34.9 Å². The highest BCUT2D eigenvalue weighted by atomic mass is 32.2. The van der Waals surface area contributed by atoms with E-state index in [2.05, 4.69) is 37.4 Å². The molecule has 2 rings (SSSR count). The molecule has 22 heavy (non-hydrogen) atoms. The molecule has 0 radical (unpaired) electrons. The van der Waals surface area contributed by atoms with E-state index in [-0.39, 0.29) is 28.7 Å². The number of carbonyl (C=O) groups excluding carboxylic acids is 1. The second kappa shape index (κ2) is 7.04. The molecule has 0 saturated carbocycles. The zero-order chi connectivity index (χ0) is 16.3. The minimum Gasteiger partial charge on any atom is -0.351 e. The van der Waals surface area contributed by atoms with Crippen molar-refractivity contribution in [2.45, 2.75) is 44.2 Å². The number of hydrogen-bond donors (Lipinski definition) is 1. The van der Waals surface area contributed by atoms with Crippen LogP contribution in [0.4, 0.5) is 0 Å². The summed E-state index contributed by atoms with van der Waals surface area (Å²) < 4.78 is 22.8. The molecule has 6 heteroatoms. The molecule has 1 saturated heterocycles. The molecule has 122 valence electrons. The molecule has 4 nitrogen and oxygen atoms in total. The average molecular weight is 341 g/mol. The van der Waals surface area contributed by atoms with E-state index < -0.39 is 9.84 Å². The third-order valence-electron chi connectivity index (χ3n) is 3.94. The van der Waals surface area contributed by atoms with Gasteiger partial charge in [-0.3, -0.25) is 4.79 Å². The Morgan fingerprint density at radius 1 is 1.41 bits per heavy atom. The molecular formula is C16H23NO3S2. The standard InChI is InChI=1S/C16H23NO3S2/c1-11-4-5-12(2)14(8-11)9-21-13(3)16(18)17-15-6-7-22(19,20)10-15/h4-5,8,13,15H,6-7,9-10H2,1-3H3,(H,17,18). The van der Waals surface area contributed by atoms with Crippen LogP contribution in [0.5, 0.6) is 0 Å². The summed E-state index contributed by atoms with van der Waals surface area (Å²) >= 11 is 1.58. The van der Waals surface area contributed by atoms with Crippen LogP contribution in [0.3, 0.4) is 0 Å². The van der Waals surface area contributed by atoms with Crippen LogP contribution in [-0.2, 0) is 20.4 Å². The number of benzene rings is 1. The predicted octanol–water partition coefficient (Wildman–Crippen LogP) is 2.23. The Bertz CT molecular complexity index is 655.